The minimum absolute atomic E-state index is 0.0114. The number of halogens is 1. The highest BCUT2D eigenvalue weighted by Gasteiger charge is 2.35. The van der Waals surface area contributed by atoms with E-state index in [-0.39, 0.29) is 42.3 Å². The molecule has 1 aromatic carbocycles. The molecule has 3 rings (SSSR count). The zero-order valence-corrected chi connectivity index (χ0v) is 19.0. The van der Waals surface area contributed by atoms with E-state index in [0.29, 0.717) is 27.2 Å². The van der Waals surface area contributed by atoms with Crippen LogP contribution >= 0.6 is 35.6 Å². The number of amides is 2. The Morgan fingerprint density at radius 2 is 2.07 bits per heavy atom. The summed E-state index contributed by atoms with van der Waals surface area (Å²) in [5.41, 5.74) is 0.838. The molecule has 0 N–H and O–H groups in total. The van der Waals surface area contributed by atoms with Crippen LogP contribution in [0.1, 0.15) is 25.3 Å². The van der Waals surface area contributed by atoms with Gasteiger partial charge in [-0.15, -0.1) is 0 Å². The molecule has 0 aromatic heterocycles. The number of carbonyl (C=O) groups excluding carboxylic acids is 2. The normalized spacial score (nSPS) is 22.5. The van der Waals surface area contributed by atoms with Gasteiger partial charge in [-0.05, 0) is 37.1 Å². The SMILES string of the molecule is CCN(C(=O)CCN1C(=O)/C(=C/c2ccc(Cl)cc2)SC1=S)C1CCS(=O)(=O)C1. The van der Waals surface area contributed by atoms with Gasteiger partial charge in [-0.3, -0.25) is 14.5 Å². The summed E-state index contributed by atoms with van der Waals surface area (Å²) in [6.07, 6.45) is 2.32. The van der Waals surface area contributed by atoms with Crippen molar-refractivity contribution in [1.29, 1.82) is 0 Å². The van der Waals surface area contributed by atoms with Crippen LogP contribution in [0.2, 0.25) is 5.02 Å². The average Bonchev–Trinajstić information content (AvgIpc) is 3.15. The third kappa shape index (κ3) is 5.39. The number of hydrogen-bond donors (Lipinski definition) is 0. The Morgan fingerprint density at radius 3 is 2.66 bits per heavy atom. The summed E-state index contributed by atoms with van der Waals surface area (Å²) in [6.45, 7) is 2.45. The number of thiocarbonyl (C=S) groups is 1. The number of nitrogens with zero attached hydrogens (tertiary/aromatic N) is 2. The van der Waals surface area contributed by atoms with Crippen molar-refractivity contribution in [2.24, 2.45) is 0 Å². The van der Waals surface area contributed by atoms with Gasteiger partial charge in [0, 0.05) is 30.6 Å². The van der Waals surface area contributed by atoms with Crippen LogP contribution in [0.25, 0.3) is 6.08 Å². The van der Waals surface area contributed by atoms with Crippen LogP contribution < -0.4 is 0 Å². The molecule has 1 aromatic rings. The number of hydrogen-bond acceptors (Lipinski definition) is 6. The molecule has 0 aliphatic carbocycles. The van der Waals surface area contributed by atoms with Gasteiger partial charge >= 0.3 is 0 Å². The predicted octanol–water partition coefficient (Wildman–Crippen LogP) is 2.97. The summed E-state index contributed by atoms with van der Waals surface area (Å²) in [5, 5.41) is 0.615. The van der Waals surface area contributed by atoms with Crippen LogP contribution in [0.4, 0.5) is 0 Å². The van der Waals surface area contributed by atoms with Gasteiger partial charge in [0.1, 0.15) is 4.32 Å². The molecule has 0 radical (unpaired) electrons. The molecule has 2 amide bonds. The number of benzene rings is 1. The van der Waals surface area contributed by atoms with Crippen LogP contribution in [-0.4, -0.2) is 65.0 Å². The highest BCUT2D eigenvalue weighted by Crippen LogP contribution is 2.33. The zero-order chi connectivity index (χ0) is 21.2. The number of carbonyl (C=O) groups is 2. The van der Waals surface area contributed by atoms with Crippen molar-refractivity contribution in [3.8, 4) is 0 Å². The van der Waals surface area contributed by atoms with Crippen molar-refractivity contribution in [3.63, 3.8) is 0 Å². The highest BCUT2D eigenvalue weighted by molar-refractivity contribution is 8.26. The Morgan fingerprint density at radius 1 is 1.38 bits per heavy atom. The first-order chi connectivity index (χ1) is 13.7. The van der Waals surface area contributed by atoms with Crippen molar-refractivity contribution in [3.05, 3.63) is 39.8 Å². The monoisotopic (exact) mass is 472 g/mol. The van der Waals surface area contributed by atoms with Crippen molar-refractivity contribution >= 4 is 67.6 Å². The highest BCUT2D eigenvalue weighted by atomic mass is 35.5. The number of thioether (sulfide) groups is 1. The number of rotatable bonds is 6. The summed E-state index contributed by atoms with van der Waals surface area (Å²) in [7, 11) is -3.07. The lowest BCUT2D eigenvalue weighted by Gasteiger charge is -2.27. The van der Waals surface area contributed by atoms with Crippen LogP contribution in [0, 0.1) is 0 Å². The van der Waals surface area contributed by atoms with Crippen molar-refractivity contribution in [2.75, 3.05) is 24.6 Å². The van der Waals surface area contributed by atoms with Gasteiger partial charge in [-0.2, -0.15) is 0 Å². The second-order valence-corrected chi connectivity index (χ2v) is 11.2. The quantitative estimate of drug-likeness (QED) is 0.468. The molecule has 2 aliphatic heterocycles. The molecular formula is C19H21ClN2O4S3. The Balaban J connectivity index is 1.62. The van der Waals surface area contributed by atoms with Gasteiger partial charge in [0.05, 0.1) is 16.4 Å². The molecule has 156 valence electrons. The van der Waals surface area contributed by atoms with Gasteiger partial charge < -0.3 is 4.90 Å². The van der Waals surface area contributed by atoms with Crippen LogP contribution in [-0.2, 0) is 19.4 Å². The van der Waals surface area contributed by atoms with Gasteiger partial charge in [0.15, 0.2) is 9.84 Å². The standard InChI is InChI=1S/C19H21ClN2O4S3/c1-2-21(15-8-10-29(25,26)12-15)17(23)7-9-22-18(24)16(28-19(22)27)11-13-3-5-14(20)6-4-13/h3-6,11,15H,2,7-10,12H2,1H3/b16-11-. The Labute approximate surface area is 185 Å². The van der Waals surface area contributed by atoms with E-state index in [2.05, 4.69) is 0 Å². The fourth-order valence-corrected chi connectivity index (χ4v) is 6.58. The molecule has 0 saturated carbocycles. The number of sulfone groups is 1. The molecule has 0 spiro atoms. The third-order valence-corrected chi connectivity index (χ3v) is 8.28. The molecule has 2 aliphatic rings. The van der Waals surface area contributed by atoms with Crippen LogP contribution in [0.5, 0.6) is 0 Å². The van der Waals surface area contributed by atoms with Gasteiger partial charge in [0.2, 0.25) is 5.91 Å². The van der Waals surface area contributed by atoms with E-state index in [4.69, 9.17) is 23.8 Å². The fraction of sp³-hybridized carbons (Fsp3) is 0.421. The fourth-order valence-electron chi connectivity index (χ4n) is 3.41. The molecule has 0 bridgehead atoms. The van der Waals surface area contributed by atoms with E-state index in [1.807, 2.05) is 19.1 Å². The van der Waals surface area contributed by atoms with Crippen LogP contribution in [0.15, 0.2) is 29.2 Å². The molecule has 2 saturated heterocycles. The molecule has 2 fully saturated rings. The first kappa shape index (κ1) is 22.3. The summed E-state index contributed by atoms with van der Waals surface area (Å²) in [6, 6.07) is 6.83. The summed E-state index contributed by atoms with van der Waals surface area (Å²) in [4.78, 5) is 28.9. The third-order valence-electron chi connectivity index (χ3n) is 4.90. The first-order valence-corrected chi connectivity index (χ1v) is 12.6. The van der Waals surface area contributed by atoms with E-state index in [1.54, 1.807) is 23.1 Å². The summed E-state index contributed by atoms with van der Waals surface area (Å²) >= 11 is 12.4. The lowest BCUT2D eigenvalue weighted by atomic mass is 10.2. The average molecular weight is 473 g/mol. The summed E-state index contributed by atoms with van der Waals surface area (Å²) in [5.74, 6) is -0.261. The van der Waals surface area contributed by atoms with E-state index in [9.17, 15) is 18.0 Å². The van der Waals surface area contributed by atoms with Crippen molar-refractivity contribution in [1.82, 2.24) is 9.80 Å². The van der Waals surface area contributed by atoms with Gasteiger partial charge in [-0.1, -0.05) is 47.7 Å². The molecule has 6 nitrogen and oxygen atoms in total. The van der Waals surface area contributed by atoms with E-state index < -0.39 is 9.84 Å². The molecule has 10 heteroatoms. The Bertz CT molecular complexity index is 960. The molecular weight excluding hydrogens is 452 g/mol. The van der Waals surface area contributed by atoms with Crippen LogP contribution in [0.3, 0.4) is 0 Å². The predicted molar refractivity (Wildman–Crippen MR) is 120 cm³/mol. The van der Waals surface area contributed by atoms with Crippen molar-refractivity contribution in [2.45, 2.75) is 25.8 Å². The molecule has 1 unspecified atom stereocenters. The Kier molecular flexibility index (Phi) is 7.03. The Hall–Kier alpha value is -1.42. The molecule has 29 heavy (non-hydrogen) atoms. The largest absolute Gasteiger partial charge is 0.339 e. The minimum Gasteiger partial charge on any atom is -0.339 e. The van der Waals surface area contributed by atoms with E-state index in [0.717, 1.165) is 5.56 Å². The molecule has 2 heterocycles. The maximum Gasteiger partial charge on any atom is 0.266 e. The van der Waals surface area contributed by atoms with E-state index >= 15 is 0 Å². The maximum absolute atomic E-state index is 12.7. The van der Waals surface area contributed by atoms with Gasteiger partial charge in [0.25, 0.3) is 5.91 Å². The van der Waals surface area contributed by atoms with Crippen molar-refractivity contribution < 1.29 is 18.0 Å². The topological polar surface area (TPSA) is 74.8 Å². The van der Waals surface area contributed by atoms with E-state index in [1.165, 1.54) is 16.7 Å². The lowest BCUT2D eigenvalue weighted by molar-refractivity contribution is -0.133. The smallest absolute Gasteiger partial charge is 0.266 e. The second-order valence-electron chi connectivity index (χ2n) is 6.87. The lowest BCUT2D eigenvalue weighted by Crippen LogP contribution is -2.42. The first-order valence-electron chi connectivity index (χ1n) is 9.21. The molecule has 1 atom stereocenters. The summed E-state index contributed by atoms with van der Waals surface area (Å²) < 4.78 is 23.8. The zero-order valence-electron chi connectivity index (χ0n) is 15.8. The minimum atomic E-state index is -3.07. The maximum atomic E-state index is 12.7. The second kappa shape index (κ2) is 9.16. The van der Waals surface area contributed by atoms with Gasteiger partial charge in [-0.25, -0.2) is 8.42 Å².